The first-order valence-electron chi connectivity index (χ1n) is 9.31. The Labute approximate surface area is 168 Å². The molecule has 1 amide bonds. The molecule has 1 fully saturated rings. The predicted molar refractivity (Wildman–Crippen MR) is 104 cm³/mol. The summed E-state index contributed by atoms with van der Waals surface area (Å²) >= 11 is 6.03. The molecule has 2 aromatic rings. The van der Waals surface area contributed by atoms with Crippen LogP contribution in [-0.2, 0) is 6.42 Å². The molecule has 1 aliphatic carbocycles. The first kappa shape index (κ1) is 20.1. The maximum absolute atomic E-state index is 13.8. The van der Waals surface area contributed by atoms with E-state index in [2.05, 4.69) is 10.3 Å². The van der Waals surface area contributed by atoms with E-state index in [9.17, 15) is 9.18 Å². The Morgan fingerprint density at radius 3 is 2.71 bits per heavy atom. The van der Waals surface area contributed by atoms with Crippen molar-refractivity contribution in [2.24, 2.45) is 0 Å². The second kappa shape index (κ2) is 9.03. The van der Waals surface area contributed by atoms with E-state index in [1.807, 2.05) is 13.0 Å². The van der Waals surface area contributed by atoms with Gasteiger partial charge >= 0.3 is 0 Å². The second-order valence-electron chi connectivity index (χ2n) is 6.82. The molecule has 28 heavy (non-hydrogen) atoms. The van der Waals surface area contributed by atoms with Crippen LogP contribution >= 0.6 is 11.6 Å². The van der Waals surface area contributed by atoms with Gasteiger partial charge in [-0.15, -0.1) is 0 Å². The highest BCUT2D eigenvalue weighted by Gasteiger charge is 2.24. The first-order chi connectivity index (χ1) is 13.5. The van der Waals surface area contributed by atoms with E-state index < -0.39 is 5.82 Å². The zero-order valence-corrected chi connectivity index (χ0v) is 16.3. The fourth-order valence-corrected chi connectivity index (χ4v) is 3.51. The van der Waals surface area contributed by atoms with E-state index in [1.165, 1.54) is 12.3 Å². The van der Waals surface area contributed by atoms with Gasteiger partial charge in [-0.05, 0) is 50.3 Å². The number of nitrogens with zero attached hydrogens (tertiary/aromatic N) is 2. The SMILES string of the molecule is CCc1ncc(C(=O)NC2CCC(Oc3ccc(C#N)c(Cl)c3)CC2)cc1F. The average molecular weight is 402 g/mol. The van der Waals surface area contributed by atoms with E-state index in [-0.39, 0.29) is 23.6 Å². The summed E-state index contributed by atoms with van der Waals surface area (Å²) in [5.41, 5.74) is 1.01. The van der Waals surface area contributed by atoms with Crippen molar-refractivity contribution in [3.63, 3.8) is 0 Å². The van der Waals surface area contributed by atoms with Crippen LogP contribution in [0.5, 0.6) is 5.75 Å². The largest absolute Gasteiger partial charge is 0.490 e. The molecule has 5 nitrogen and oxygen atoms in total. The van der Waals surface area contributed by atoms with Crippen molar-refractivity contribution in [3.05, 3.63) is 58.1 Å². The highest BCUT2D eigenvalue weighted by atomic mass is 35.5. The second-order valence-corrected chi connectivity index (χ2v) is 7.23. The molecule has 1 aromatic carbocycles. The summed E-state index contributed by atoms with van der Waals surface area (Å²) < 4.78 is 19.8. The third-order valence-corrected chi connectivity index (χ3v) is 5.20. The number of hydrogen-bond donors (Lipinski definition) is 1. The molecule has 1 aliphatic rings. The fraction of sp³-hybridized carbons (Fsp3) is 0.381. The number of aromatic nitrogens is 1. The quantitative estimate of drug-likeness (QED) is 0.804. The minimum atomic E-state index is -0.451. The van der Waals surface area contributed by atoms with Crippen molar-refractivity contribution in [3.8, 4) is 11.8 Å². The van der Waals surface area contributed by atoms with Crippen LogP contribution in [0.1, 0.15) is 54.2 Å². The summed E-state index contributed by atoms with van der Waals surface area (Å²) in [6, 6.07) is 8.30. The number of hydrogen-bond acceptors (Lipinski definition) is 4. The minimum absolute atomic E-state index is 0.0193. The maximum Gasteiger partial charge on any atom is 0.253 e. The van der Waals surface area contributed by atoms with Crippen LogP contribution in [-0.4, -0.2) is 23.0 Å². The Morgan fingerprint density at radius 1 is 1.36 bits per heavy atom. The van der Waals surface area contributed by atoms with Gasteiger partial charge < -0.3 is 10.1 Å². The number of amides is 1. The molecule has 0 saturated heterocycles. The van der Waals surface area contributed by atoms with E-state index in [4.69, 9.17) is 21.6 Å². The van der Waals surface area contributed by atoms with Crippen molar-refractivity contribution in [1.29, 1.82) is 5.26 Å². The molecular formula is C21H21ClFN3O2. The lowest BCUT2D eigenvalue weighted by Crippen LogP contribution is -2.39. The van der Waals surface area contributed by atoms with E-state index in [1.54, 1.807) is 18.2 Å². The fourth-order valence-electron chi connectivity index (χ4n) is 3.30. The summed E-state index contributed by atoms with van der Waals surface area (Å²) in [5.74, 6) is -0.125. The molecule has 0 bridgehead atoms. The van der Waals surface area contributed by atoms with Crippen molar-refractivity contribution in [2.45, 2.75) is 51.2 Å². The Hall–Kier alpha value is -2.65. The number of rotatable bonds is 5. The van der Waals surface area contributed by atoms with Crippen LogP contribution in [0.15, 0.2) is 30.5 Å². The molecule has 0 aliphatic heterocycles. The monoisotopic (exact) mass is 401 g/mol. The van der Waals surface area contributed by atoms with Gasteiger partial charge in [0.15, 0.2) is 0 Å². The van der Waals surface area contributed by atoms with Crippen LogP contribution in [0.25, 0.3) is 0 Å². The summed E-state index contributed by atoms with van der Waals surface area (Å²) in [4.78, 5) is 16.3. The number of nitrogens with one attached hydrogen (secondary N) is 1. The molecule has 1 aromatic heterocycles. The average Bonchev–Trinajstić information content (AvgIpc) is 2.69. The lowest BCUT2D eigenvalue weighted by atomic mass is 9.92. The van der Waals surface area contributed by atoms with Crippen LogP contribution in [0, 0.1) is 17.1 Å². The number of carbonyl (C=O) groups excluding carboxylic acids is 1. The molecule has 1 saturated carbocycles. The number of aryl methyl sites for hydroxylation is 1. The van der Waals surface area contributed by atoms with Crippen molar-refractivity contribution < 1.29 is 13.9 Å². The zero-order valence-electron chi connectivity index (χ0n) is 15.5. The normalized spacial score (nSPS) is 18.9. The number of nitriles is 1. The van der Waals surface area contributed by atoms with Crippen molar-refractivity contribution in [2.75, 3.05) is 0 Å². The third-order valence-electron chi connectivity index (χ3n) is 4.89. The number of halogens is 2. The Balaban J connectivity index is 1.51. The van der Waals surface area contributed by atoms with Crippen LogP contribution < -0.4 is 10.1 Å². The van der Waals surface area contributed by atoms with Gasteiger partial charge in [-0.3, -0.25) is 9.78 Å². The standard InChI is InChI=1S/C21H21ClFN3O2/c1-2-20-19(23)9-14(12-25-20)21(27)26-15-4-7-16(8-5-15)28-17-6-3-13(11-24)18(22)10-17/h3,6,9-10,12,15-16H,2,4-5,7-8H2,1H3,(H,26,27). The predicted octanol–water partition coefficient (Wildman–Crippen LogP) is 4.43. The maximum atomic E-state index is 13.8. The lowest BCUT2D eigenvalue weighted by Gasteiger charge is -2.29. The topological polar surface area (TPSA) is 75.0 Å². The minimum Gasteiger partial charge on any atom is -0.490 e. The lowest BCUT2D eigenvalue weighted by molar-refractivity contribution is 0.0893. The molecule has 7 heteroatoms. The van der Waals surface area contributed by atoms with Gasteiger partial charge in [0.1, 0.15) is 17.6 Å². The molecular weight excluding hydrogens is 381 g/mol. The number of pyridine rings is 1. The number of benzene rings is 1. The van der Waals surface area contributed by atoms with Crippen LogP contribution in [0.4, 0.5) is 4.39 Å². The molecule has 1 heterocycles. The van der Waals surface area contributed by atoms with Gasteiger partial charge in [-0.2, -0.15) is 5.26 Å². The molecule has 0 atom stereocenters. The van der Waals surface area contributed by atoms with Gasteiger partial charge in [0.25, 0.3) is 5.91 Å². The van der Waals surface area contributed by atoms with E-state index >= 15 is 0 Å². The Kier molecular flexibility index (Phi) is 6.48. The van der Waals surface area contributed by atoms with Gasteiger partial charge in [0.2, 0.25) is 0 Å². The van der Waals surface area contributed by atoms with Gasteiger partial charge in [-0.1, -0.05) is 18.5 Å². The molecule has 0 unspecified atom stereocenters. The summed E-state index contributed by atoms with van der Waals surface area (Å²) in [6.45, 7) is 1.82. The molecule has 146 valence electrons. The van der Waals surface area contributed by atoms with Gasteiger partial charge in [0.05, 0.1) is 27.9 Å². The summed E-state index contributed by atoms with van der Waals surface area (Å²) in [7, 11) is 0. The Bertz CT molecular complexity index is 905. The third kappa shape index (κ3) is 4.79. The summed E-state index contributed by atoms with van der Waals surface area (Å²) in [6.07, 6.45) is 5.03. The molecule has 0 radical (unpaired) electrons. The number of carbonyl (C=O) groups is 1. The van der Waals surface area contributed by atoms with E-state index in [0.29, 0.717) is 28.5 Å². The first-order valence-corrected chi connectivity index (χ1v) is 9.69. The molecule has 1 N–H and O–H groups in total. The molecule has 3 rings (SSSR count). The Morgan fingerprint density at radius 2 is 2.11 bits per heavy atom. The molecule has 0 spiro atoms. The van der Waals surface area contributed by atoms with E-state index in [0.717, 1.165) is 25.7 Å². The van der Waals surface area contributed by atoms with Crippen molar-refractivity contribution >= 4 is 17.5 Å². The highest BCUT2D eigenvalue weighted by Crippen LogP contribution is 2.27. The number of ether oxygens (including phenoxy) is 1. The van der Waals surface area contributed by atoms with Crippen molar-refractivity contribution in [1.82, 2.24) is 10.3 Å². The highest BCUT2D eigenvalue weighted by molar-refractivity contribution is 6.31. The van der Waals surface area contributed by atoms with Gasteiger partial charge in [-0.25, -0.2) is 4.39 Å². The smallest absolute Gasteiger partial charge is 0.253 e. The zero-order chi connectivity index (χ0) is 20.1. The van der Waals surface area contributed by atoms with Crippen LogP contribution in [0.3, 0.4) is 0 Å². The van der Waals surface area contributed by atoms with Gasteiger partial charge in [0, 0.05) is 18.3 Å². The summed E-state index contributed by atoms with van der Waals surface area (Å²) in [5, 5.41) is 12.2. The van der Waals surface area contributed by atoms with Crippen LogP contribution in [0.2, 0.25) is 5.02 Å².